The summed E-state index contributed by atoms with van der Waals surface area (Å²) in [5.41, 5.74) is 7.49. The average molecular weight is 351 g/mol. The third kappa shape index (κ3) is 3.65. The Morgan fingerprint density at radius 2 is 1.77 bits per heavy atom. The lowest BCUT2D eigenvalue weighted by atomic mass is 10.1. The second-order valence-electron chi connectivity index (χ2n) is 6.46. The van der Waals surface area contributed by atoms with Crippen LogP contribution in [-0.2, 0) is 6.54 Å². The molecule has 1 unspecified atom stereocenters. The van der Waals surface area contributed by atoms with Crippen LogP contribution in [0.3, 0.4) is 0 Å². The van der Waals surface area contributed by atoms with Crippen LogP contribution in [0.4, 0.5) is 0 Å². The fourth-order valence-electron chi connectivity index (χ4n) is 2.86. The van der Waals surface area contributed by atoms with Crippen LogP contribution < -0.4 is 11.1 Å². The van der Waals surface area contributed by atoms with E-state index in [2.05, 4.69) is 5.32 Å². The van der Waals surface area contributed by atoms with Crippen molar-refractivity contribution in [1.29, 1.82) is 0 Å². The van der Waals surface area contributed by atoms with Gasteiger partial charge in [-0.15, -0.1) is 0 Å². The van der Waals surface area contributed by atoms with E-state index in [0.29, 0.717) is 24.1 Å². The number of hydrogen-bond donors (Lipinski definition) is 2. The molecule has 6 nitrogen and oxygen atoms in total. The lowest BCUT2D eigenvalue weighted by molar-refractivity contribution is 0.0642. The van der Waals surface area contributed by atoms with E-state index in [9.17, 15) is 14.4 Å². The zero-order valence-electron chi connectivity index (χ0n) is 14.6. The number of carbonyl (C=O) groups is 3. The molecule has 3 rings (SSSR count). The van der Waals surface area contributed by atoms with Crippen molar-refractivity contribution in [2.45, 2.75) is 25.9 Å². The quantitative estimate of drug-likeness (QED) is 0.778. The Hall–Kier alpha value is -2.99. The Morgan fingerprint density at radius 3 is 2.46 bits per heavy atom. The zero-order chi connectivity index (χ0) is 18.7. The lowest BCUT2D eigenvalue weighted by Gasteiger charge is -2.13. The highest BCUT2D eigenvalue weighted by Gasteiger charge is 2.35. The van der Waals surface area contributed by atoms with Gasteiger partial charge in [0.1, 0.15) is 0 Å². The first-order valence-corrected chi connectivity index (χ1v) is 8.55. The van der Waals surface area contributed by atoms with Crippen LogP contribution in [0.2, 0.25) is 0 Å². The number of amides is 3. The number of nitrogens with zero attached hydrogens (tertiary/aromatic N) is 1. The van der Waals surface area contributed by atoms with E-state index < -0.39 is 0 Å². The third-order valence-electron chi connectivity index (χ3n) is 4.30. The topological polar surface area (TPSA) is 92.5 Å². The van der Waals surface area contributed by atoms with E-state index in [0.717, 1.165) is 5.56 Å². The molecule has 0 saturated carbocycles. The summed E-state index contributed by atoms with van der Waals surface area (Å²) in [5, 5.41) is 2.77. The molecule has 26 heavy (non-hydrogen) atoms. The molecule has 1 aliphatic heterocycles. The number of hydrogen-bond acceptors (Lipinski definition) is 4. The van der Waals surface area contributed by atoms with E-state index in [-0.39, 0.29) is 35.9 Å². The second kappa shape index (κ2) is 7.49. The highest BCUT2D eigenvalue weighted by atomic mass is 16.2. The average Bonchev–Trinajstić information content (AvgIpc) is 2.87. The minimum absolute atomic E-state index is 0.000986. The minimum atomic E-state index is -0.376. The maximum atomic E-state index is 12.6. The second-order valence-corrected chi connectivity index (χ2v) is 6.46. The number of benzene rings is 2. The van der Waals surface area contributed by atoms with Crippen molar-refractivity contribution in [1.82, 2.24) is 10.2 Å². The zero-order valence-corrected chi connectivity index (χ0v) is 14.6. The van der Waals surface area contributed by atoms with Crippen molar-refractivity contribution in [3.63, 3.8) is 0 Å². The molecule has 2 aromatic carbocycles. The van der Waals surface area contributed by atoms with Crippen molar-refractivity contribution in [3.8, 4) is 0 Å². The monoisotopic (exact) mass is 351 g/mol. The van der Waals surface area contributed by atoms with Gasteiger partial charge >= 0.3 is 0 Å². The van der Waals surface area contributed by atoms with Gasteiger partial charge < -0.3 is 11.1 Å². The Balaban J connectivity index is 1.76. The standard InChI is InChI=1S/C20H21N3O3/c1-13(21)9-10-22-18(24)15-7-8-16-17(11-15)20(26)23(19(16)25)12-14-5-3-2-4-6-14/h2-8,11,13H,9-10,12,21H2,1H3,(H,22,24). The predicted molar refractivity (Wildman–Crippen MR) is 97.7 cm³/mol. The molecule has 1 atom stereocenters. The molecule has 134 valence electrons. The van der Waals surface area contributed by atoms with Crippen molar-refractivity contribution < 1.29 is 14.4 Å². The van der Waals surface area contributed by atoms with Crippen LogP contribution >= 0.6 is 0 Å². The van der Waals surface area contributed by atoms with Crippen molar-refractivity contribution in [2.75, 3.05) is 6.54 Å². The van der Waals surface area contributed by atoms with Gasteiger partial charge in [0.15, 0.2) is 0 Å². The molecule has 1 heterocycles. The predicted octanol–water partition coefficient (Wildman–Crippen LogP) is 1.95. The Morgan fingerprint density at radius 1 is 1.08 bits per heavy atom. The summed E-state index contributed by atoms with van der Waals surface area (Å²) >= 11 is 0. The van der Waals surface area contributed by atoms with Gasteiger partial charge in [0.05, 0.1) is 17.7 Å². The lowest BCUT2D eigenvalue weighted by Crippen LogP contribution is -2.29. The molecule has 0 aliphatic carbocycles. The Bertz CT molecular complexity index is 847. The molecule has 3 N–H and O–H groups in total. The number of imide groups is 1. The highest BCUT2D eigenvalue weighted by Crippen LogP contribution is 2.25. The molecular formula is C20H21N3O3. The highest BCUT2D eigenvalue weighted by molar-refractivity contribution is 6.22. The Kier molecular flexibility index (Phi) is 5.14. The summed E-state index contributed by atoms with van der Waals surface area (Å²) in [6.45, 7) is 2.54. The summed E-state index contributed by atoms with van der Waals surface area (Å²) in [6.07, 6.45) is 0.666. The molecule has 0 fully saturated rings. The minimum Gasteiger partial charge on any atom is -0.352 e. The molecule has 2 aromatic rings. The molecular weight excluding hydrogens is 330 g/mol. The van der Waals surface area contributed by atoms with Crippen LogP contribution in [0, 0.1) is 0 Å². The largest absolute Gasteiger partial charge is 0.352 e. The normalized spacial score (nSPS) is 14.3. The number of fused-ring (bicyclic) bond motifs is 1. The first kappa shape index (κ1) is 17.8. The van der Waals surface area contributed by atoms with Crippen LogP contribution in [0.15, 0.2) is 48.5 Å². The fourth-order valence-corrected chi connectivity index (χ4v) is 2.86. The van der Waals surface area contributed by atoms with Crippen molar-refractivity contribution in [3.05, 3.63) is 70.8 Å². The number of rotatable bonds is 6. The molecule has 6 heteroatoms. The van der Waals surface area contributed by atoms with Gasteiger partial charge in [0, 0.05) is 18.2 Å². The van der Waals surface area contributed by atoms with E-state index in [1.165, 1.54) is 11.0 Å². The Labute approximate surface area is 152 Å². The van der Waals surface area contributed by atoms with Gasteiger partial charge in [-0.2, -0.15) is 0 Å². The smallest absolute Gasteiger partial charge is 0.261 e. The van der Waals surface area contributed by atoms with Crippen molar-refractivity contribution in [2.24, 2.45) is 5.73 Å². The first-order valence-electron chi connectivity index (χ1n) is 8.55. The van der Waals surface area contributed by atoms with E-state index in [1.54, 1.807) is 12.1 Å². The van der Waals surface area contributed by atoms with Crippen LogP contribution in [0.25, 0.3) is 0 Å². The number of nitrogens with two attached hydrogens (primary N) is 1. The molecule has 0 saturated heterocycles. The van der Waals surface area contributed by atoms with Crippen LogP contribution in [0.5, 0.6) is 0 Å². The fraction of sp³-hybridized carbons (Fsp3) is 0.250. The molecule has 1 aliphatic rings. The molecule has 0 bridgehead atoms. The summed E-state index contributed by atoms with van der Waals surface area (Å²) in [7, 11) is 0. The summed E-state index contributed by atoms with van der Waals surface area (Å²) in [4.78, 5) is 38.6. The summed E-state index contributed by atoms with van der Waals surface area (Å²) < 4.78 is 0. The summed E-state index contributed by atoms with van der Waals surface area (Å²) in [5.74, 6) is -0.993. The van der Waals surface area contributed by atoms with E-state index in [4.69, 9.17) is 5.73 Å². The molecule has 0 aromatic heterocycles. The van der Waals surface area contributed by atoms with Gasteiger partial charge in [0.25, 0.3) is 17.7 Å². The molecule has 0 spiro atoms. The van der Waals surface area contributed by atoms with Crippen molar-refractivity contribution >= 4 is 17.7 Å². The SMILES string of the molecule is CC(N)CCNC(=O)c1ccc2c(c1)C(=O)N(Cc1ccccc1)C2=O. The van der Waals surface area contributed by atoms with Gasteiger partial charge in [-0.25, -0.2) is 0 Å². The van der Waals surface area contributed by atoms with Gasteiger partial charge in [-0.05, 0) is 37.1 Å². The molecule has 3 amide bonds. The number of nitrogens with one attached hydrogen (secondary N) is 1. The van der Waals surface area contributed by atoms with Crippen LogP contribution in [-0.4, -0.2) is 35.2 Å². The van der Waals surface area contributed by atoms with Crippen LogP contribution in [0.1, 0.15) is 50.0 Å². The van der Waals surface area contributed by atoms with Gasteiger partial charge in [-0.3, -0.25) is 19.3 Å². The maximum Gasteiger partial charge on any atom is 0.261 e. The summed E-state index contributed by atoms with van der Waals surface area (Å²) in [6, 6.07) is 13.9. The van der Waals surface area contributed by atoms with E-state index >= 15 is 0 Å². The van der Waals surface area contributed by atoms with E-state index in [1.807, 2.05) is 37.3 Å². The maximum absolute atomic E-state index is 12.6. The first-order chi connectivity index (χ1) is 12.5. The van der Waals surface area contributed by atoms with Gasteiger partial charge in [0.2, 0.25) is 0 Å². The number of carbonyl (C=O) groups excluding carboxylic acids is 3. The molecule has 0 radical (unpaired) electrons. The van der Waals surface area contributed by atoms with Gasteiger partial charge in [-0.1, -0.05) is 30.3 Å². The third-order valence-corrected chi connectivity index (χ3v) is 4.30.